The topological polar surface area (TPSA) is 59.6 Å². The van der Waals surface area contributed by atoms with Crippen LogP contribution in [0, 0.1) is 22.7 Å². The molecule has 0 radical (unpaired) electrons. The van der Waals surface area contributed by atoms with Gasteiger partial charge in [-0.15, -0.1) is 0 Å². The van der Waals surface area contributed by atoms with E-state index in [4.69, 9.17) is 10.5 Å². The summed E-state index contributed by atoms with van der Waals surface area (Å²) < 4.78 is 0. The van der Waals surface area contributed by atoms with Gasteiger partial charge in [-0.05, 0) is 42.8 Å². The fourth-order valence-corrected chi connectivity index (χ4v) is 1.86. The van der Waals surface area contributed by atoms with Crippen LogP contribution in [-0.4, -0.2) is 0 Å². The van der Waals surface area contributed by atoms with Crippen molar-refractivity contribution in [2.24, 2.45) is 0 Å². The molecule has 0 spiro atoms. The Kier molecular flexibility index (Phi) is 3.81. The largest absolute Gasteiger partial charge is 0.378 e. The first-order valence-electron chi connectivity index (χ1n) is 5.99. The summed E-state index contributed by atoms with van der Waals surface area (Å²) in [6.07, 6.45) is 0. The number of hydrogen-bond acceptors (Lipinski definition) is 3. The van der Waals surface area contributed by atoms with Crippen molar-refractivity contribution in [1.82, 2.24) is 0 Å². The van der Waals surface area contributed by atoms with Gasteiger partial charge in [0.05, 0.1) is 23.3 Å². The molecule has 0 aliphatic heterocycles. The fourth-order valence-electron chi connectivity index (χ4n) is 1.86. The van der Waals surface area contributed by atoms with Crippen LogP contribution in [-0.2, 0) is 0 Å². The molecule has 1 unspecified atom stereocenters. The monoisotopic (exact) mass is 247 g/mol. The number of rotatable bonds is 3. The maximum atomic E-state index is 8.86. The van der Waals surface area contributed by atoms with Crippen LogP contribution in [0.2, 0.25) is 0 Å². The van der Waals surface area contributed by atoms with E-state index < -0.39 is 0 Å². The van der Waals surface area contributed by atoms with Crippen molar-refractivity contribution in [3.05, 3.63) is 65.2 Å². The van der Waals surface area contributed by atoms with Crippen molar-refractivity contribution < 1.29 is 0 Å². The van der Waals surface area contributed by atoms with Gasteiger partial charge in [0.2, 0.25) is 0 Å². The van der Waals surface area contributed by atoms with Crippen LogP contribution in [0.1, 0.15) is 29.7 Å². The second-order valence-electron chi connectivity index (χ2n) is 4.29. The maximum absolute atomic E-state index is 8.86. The van der Waals surface area contributed by atoms with Gasteiger partial charge in [-0.1, -0.05) is 18.2 Å². The molecule has 0 amide bonds. The summed E-state index contributed by atoms with van der Waals surface area (Å²) in [6.45, 7) is 2.04. The quantitative estimate of drug-likeness (QED) is 0.901. The Morgan fingerprint density at radius 3 is 2.26 bits per heavy atom. The zero-order chi connectivity index (χ0) is 13.7. The van der Waals surface area contributed by atoms with Gasteiger partial charge in [0.1, 0.15) is 0 Å². The van der Waals surface area contributed by atoms with Gasteiger partial charge in [0, 0.05) is 11.7 Å². The van der Waals surface area contributed by atoms with Crippen molar-refractivity contribution in [1.29, 1.82) is 10.5 Å². The van der Waals surface area contributed by atoms with Gasteiger partial charge >= 0.3 is 0 Å². The minimum Gasteiger partial charge on any atom is -0.378 e. The Morgan fingerprint density at radius 2 is 1.63 bits per heavy atom. The van der Waals surface area contributed by atoms with Gasteiger partial charge in [-0.25, -0.2) is 0 Å². The van der Waals surface area contributed by atoms with Crippen LogP contribution in [0.4, 0.5) is 5.69 Å². The molecule has 92 valence electrons. The molecule has 0 aromatic heterocycles. The number of anilines is 1. The minimum atomic E-state index is 0.113. The Bertz CT molecular complexity index is 645. The lowest BCUT2D eigenvalue weighted by Crippen LogP contribution is -2.06. The van der Waals surface area contributed by atoms with Crippen LogP contribution in [0.25, 0.3) is 0 Å². The molecule has 1 atom stereocenters. The normalized spacial score (nSPS) is 11.1. The lowest BCUT2D eigenvalue weighted by atomic mass is 10.1. The summed E-state index contributed by atoms with van der Waals surface area (Å²) in [5.74, 6) is 0. The van der Waals surface area contributed by atoms with Crippen LogP contribution >= 0.6 is 0 Å². The number of hydrogen-bond donors (Lipinski definition) is 1. The first kappa shape index (κ1) is 12.7. The minimum absolute atomic E-state index is 0.113. The average molecular weight is 247 g/mol. The van der Waals surface area contributed by atoms with Crippen molar-refractivity contribution >= 4 is 5.69 Å². The standard InChI is InChI=1S/C16H13N3/c1-12(15-7-5-13(10-17)6-8-15)19-16-4-2-3-14(9-16)11-18/h2-9,12,19H,1H3. The molecule has 2 aromatic rings. The molecule has 0 aliphatic carbocycles. The predicted molar refractivity (Wildman–Crippen MR) is 74.4 cm³/mol. The SMILES string of the molecule is CC(Nc1cccc(C#N)c1)c1ccc(C#N)cc1. The van der Waals surface area contributed by atoms with Crippen LogP contribution in [0.5, 0.6) is 0 Å². The number of nitrogens with one attached hydrogen (secondary N) is 1. The predicted octanol–water partition coefficient (Wildman–Crippen LogP) is 3.60. The summed E-state index contributed by atoms with van der Waals surface area (Å²) in [5.41, 5.74) is 3.30. The third kappa shape index (κ3) is 3.12. The molecule has 0 fully saturated rings. The molecule has 3 nitrogen and oxygen atoms in total. The van der Waals surface area contributed by atoms with E-state index in [2.05, 4.69) is 17.5 Å². The summed E-state index contributed by atoms with van der Waals surface area (Å²) in [4.78, 5) is 0. The number of benzene rings is 2. The third-order valence-electron chi connectivity index (χ3n) is 2.91. The number of nitrogens with zero attached hydrogens (tertiary/aromatic N) is 2. The van der Waals surface area contributed by atoms with E-state index in [1.807, 2.05) is 37.3 Å². The maximum Gasteiger partial charge on any atom is 0.0992 e. The van der Waals surface area contributed by atoms with E-state index in [0.717, 1.165) is 11.3 Å². The Hall–Kier alpha value is -2.78. The van der Waals surface area contributed by atoms with Gasteiger partial charge in [-0.3, -0.25) is 0 Å². The molecule has 0 saturated carbocycles. The van der Waals surface area contributed by atoms with Crippen LogP contribution in [0.3, 0.4) is 0 Å². The molecular weight excluding hydrogens is 234 g/mol. The Labute approximate surface area is 112 Å². The smallest absolute Gasteiger partial charge is 0.0992 e. The zero-order valence-electron chi connectivity index (χ0n) is 10.6. The van der Waals surface area contributed by atoms with Crippen molar-refractivity contribution in [3.8, 4) is 12.1 Å². The second-order valence-corrected chi connectivity index (χ2v) is 4.29. The third-order valence-corrected chi connectivity index (χ3v) is 2.91. The zero-order valence-corrected chi connectivity index (χ0v) is 10.6. The van der Waals surface area contributed by atoms with E-state index >= 15 is 0 Å². The molecule has 2 aromatic carbocycles. The highest BCUT2D eigenvalue weighted by Gasteiger charge is 2.05. The highest BCUT2D eigenvalue weighted by molar-refractivity contribution is 5.50. The van der Waals surface area contributed by atoms with E-state index in [0.29, 0.717) is 11.1 Å². The van der Waals surface area contributed by atoms with E-state index in [9.17, 15) is 0 Å². The molecular formula is C16H13N3. The summed E-state index contributed by atoms with van der Waals surface area (Å²) in [5, 5.41) is 21.0. The molecule has 0 saturated heterocycles. The first-order valence-corrected chi connectivity index (χ1v) is 5.99. The molecule has 2 rings (SSSR count). The van der Waals surface area contributed by atoms with Crippen molar-refractivity contribution in [3.63, 3.8) is 0 Å². The second kappa shape index (κ2) is 5.71. The Morgan fingerprint density at radius 1 is 0.947 bits per heavy atom. The summed E-state index contributed by atoms with van der Waals surface area (Å²) in [6, 6.07) is 19.2. The summed E-state index contributed by atoms with van der Waals surface area (Å²) >= 11 is 0. The average Bonchev–Trinajstić information content (AvgIpc) is 2.47. The highest BCUT2D eigenvalue weighted by Crippen LogP contribution is 2.20. The highest BCUT2D eigenvalue weighted by atomic mass is 14.9. The van der Waals surface area contributed by atoms with E-state index in [1.54, 1.807) is 18.2 Å². The van der Waals surface area contributed by atoms with Gasteiger partial charge in [0.15, 0.2) is 0 Å². The van der Waals surface area contributed by atoms with Crippen LogP contribution < -0.4 is 5.32 Å². The molecule has 0 heterocycles. The molecule has 1 N–H and O–H groups in total. The lowest BCUT2D eigenvalue weighted by molar-refractivity contribution is 0.884. The van der Waals surface area contributed by atoms with Crippen molar-refractivity contribution in [2.45, 2.75) is 13.0 Å². The van der Waals surface area contributed by atoms with Gasteiger partial charge < -0.3 is 5.32 Å². The van der Waals surface area contributed by atoms with Crippen molar-refractivity contribution in [2.75, 3.05) is 5.32 Å². The molecule has 19 heavy (non-hydrogen) atoms. The molecule has 3 heteroatoms. The molecule has 0 aliphatic rings. The molecule has 0 bridgehead atoms. The summed E-state index contributed by atoms with van der Waals surface area (Å²) in [7, 11) is 0. The van der Waals surface area contributed by atoms with Gasteiger partial charge in [-0.2, -0.15) is 10.5 Å². The van der Waals surface area contributed by atoms with Gasteiger partial charge in [0.25, 0.3) is 0 Å². The fraction of sp³-hybridized carbons (Fsp3) is 0.125. The number of nitriles is 2. The first-order chi connectivity index (χ1) is 9.22. The van der Waals surface area contributed by atoms with E-state index in [-0.39, 0.29) is 6.04 Å². The van der Waals surface area contributed by atoms with Crippen LogP contribution in [0.15, 0.2) is 48.5 Å². The lowest BCUT2D eigenvalue weighted by Gasteiger charge is -2.15. The Balaban J connectivity index is 2.14. The van der Waals surface area contributed by atoms with E-state index in [1.165, 1.54) is 0 Å².